The maximum atomic E-state index is 13.1. The number of aryl methyl sites for hydroxylation is 2. The van der Waals surface area contributed by atoms with Crippen LogP contribution in [-0.4, -0.2) is 41.9 Å². The predicted molar refractivity (Wildman–Crippen MR) is 118 cm³/mol. The number of nitrogens with zero attached hydrogens (tertiary/aromatic N) is 5. The molecule has 0 aliphatic rings. The number of benzene rings is 1. The molecule has 1 N–H and O–H groups in total. The van der Waals surface area contributed by atoms with E-state index in [1.807, 2.05) is 38.1 Å². The average Bonchev–Trinajstić information content (AvgIpc) is 3.12. The van der Waals surface area contributed by atoms with Gasteiger partial charge in [-0.3, -0.25) is 19.1 Å². The third kappa shape index (κ3) is 3.63. The van der Waals surface area contributed by atoms with Crippen LogP contribution in [0.25, 0.3) is 22.1 Å². The van der Waals surface area contributed by atoms with Crippen molar-refractivity contribution in [3.8, 4) is 0 Å². The van der Waals surface area contributed by atoms with Crippen molar-refractivity contribution in [3.05, 3.63) is 68.8 Å². The van der Waals surface area contributed by atoms with E-state index in [0.717, 1.165) is 23.4 Å². The molecule has 9 nitrogen and oxygen atoms in total. The molecule has 4 aromatic rings. The number of H-pyrrole nitrogens is 1. The first kappa shape index (κ1) is 20.5. The van der Waals surface area contributed by atoms with Gasteiger partial charge in [-0.25, -0.2) is 14.8 Å². The highest BCUT2D eigenvalue weighted by molar-refractivity contribution is 5.96. The van der Waals surface area contributed by atoms with E-state index in [2.05, 4.69) is 19.5 Å². The van der Waals surface area contributed by atoms with E-state index in [1.165, 1.54) is 16.8 Å². The molecule has 0 aliphatic heterocycles. The van der Waals surface area contributed by atoms with Crippen LogP contribution in [0.1, 0.15) is 36.5 Å². The first-order chi connectivity index (χ1) is 14.9. The van der Waals surface area contributed by atoms with Gasteiger partial charge < -0.3 is 9.47 Å². The average molecular weight is 420 g/mol. The van der Waals surface area contributed by atoms with Crippen molar-refractivity contribution in [3.63, 3.8) is 0 Å². The summed E-state index contributed by atoms with van der Waals surface area (Å²) in [6.45, 7) is 5.44. The van der Waals surface area contributed by atoms with Gasteiger partial charge in [0.15, 0.2) is 0 Å². The number of fused-ring (bicyclic) bond motifs is 2. The molecule has 1 aromatic carbocycles. The second kappa shape index (κ2) is 8.17. The van der Waals surface area contributed by atoms with Gasteiger partial charge in [-0.05, 0) is 31.5 Å². The number of pyridine rings is 1. The highest BCUT2D eigenvalue weighted by atomic mass is 16.2. The molecule has 0 bridgehead atoms. The molecule has 0 fully saturated rings. The highest BCUT2D eigenvalue weighted by Gasteiger charge is 2.18. The Balaban J connectivity index is 1.68. The Hall–Kier alpha value is -3.75. The summed E-state index contributed by atoms with van der Waals surface area (Å²) >= 11 is 0. The van der Waals surface area contributed by atoms with Gasteiger partial charge in [-0.2, -0.15) is 0 Å². The van der Waals surface area contributed by atoms with Crippen LogP contribution in [0.2, 0.25) is 0 Å². The standard InChI is InChI=1S/C22H24N6O3/c1-4-10-28-19-15(20(29)25-22(28)31)11-14(12-23-19)21(30)26(3)13-18-24-16-8-6-7-9-17(16)27(18)5-2/h6-9,11-12H,4-5,10,13H2,1-3H3,(H,25,29,31). The van der Waals surface area contributed by atoms with Gasteiger partial charge in [-0.1, -0.05) is 19.1 Å². The van der Waals surface area contributed by atoms with Gasteiger partial charge in [0.1, 0.15) is 11.5 Å². The number of nitrogens with one attached hydrogen (secondary N) is 1. The van der Waals surface area contributed by atoms with E-state index >= 15 is 0 Å². The van der Waals surface area contributed by atoms with Gasteiger partial charge in [0.05, 0.1) is 28.5 Å². The second-order valence-electron chi connectivity index (χ2n) is 7.43. The van der Waals surface area contributed by atoms with Crippen LogP contribution in [0.5, 0.6) is 0 Å². The molecular weight excluding hydrogens is 396 g/mol. The lowest BCUT2D eigenvalue weighted by Gasteiger charge is -2.18. The lowest BCUT2D eigenvalue weighted by Crippen LogP contribution is -2.32. The van der Waals surface area contributed by atoms with E-state index in [9.17, 15) is 14.4 Å². The number of imidazole rings is 1. The molecule has 9 heteroatoms. The number of amides is 1. The molecule has 0 spiro atoms. The zero-order valence-corrected chi connectivity index (χ0v) is 17.8. The molecule has 0 atom stereocenters. The third-order valence-corrected chi connectivity index (χ3v) is 5.30. The zero-order valence-electron chi connectivity index (χ0n) is 17.8. The summed E-state index contributed by atoms with van der Waals surface area (Å²) in [5, 5.41) is 0.216. The molecular formula is C22H24N6O3. The van der Waals surface area contributed by atoms with Crippen molar-refractivity contribution in [2.75, 3.05) is 7.05 Å². The smallest absolute Gasteiger partial charge is 0.329 e. The lowest BCUT2D eigenvalue weighted by atomic mass is 10.2. The van der Waals surface area contributed by atoms with E-state index in [0.29, 0.717) is 19.5 Å². The largest absolute Gasteiger partial charge is 0.334 e. The SMILES string of the molecule is CCCn1c(=O)[nH]c(=O)c2cc(C(=O)N(C)Cc3nc4ccccc4n3CC)cnc21. The van der Waals surface area contributed by atoms with Crippen molar-refractivity contribution in [2.45, 2.75) is 39.9 Å². The Morgan fingerprint density at radius 3 is 2.68 bits per heavy atom. The Labute approximate surface area is 178 Å². The molecule has 3 heterocycles. The summed E-state index contributed by atoms with van der Waals surface area (Å²) in [7, 11) is 1.69. The van der Waals surface area contributed by atoms with Crippen LogP contribution in [-0.2, 0) is 19.6 Å². The van der Waals surface area contributed by atoms with E-state index in [4.69, 9.17) is 0 Å². The molecule has 0 radical (unpaired) electrons. The van der Waals surface area contributed by atoms with Gasteiger partial charge in [-0.15, -0.1) is 0 Å². The molecule has 1 amide bonds. The Morgan fingerprint density at radius 2 is 1.94 bits per heavy atom. The second-order valence-corrected chi connectivity index (χ2v) is 7.43. The molecule has 0 aliphatic carbocycles. The summed E-state index contributed by atoms with van der Waals surface area (Å²) in [6, 6.07) is 9.35. The summed E-state index contributed by atoms with van der Waals surface area (Å²) in [5.74, 6) is 0.500. The fourth-order valence-electron chi connectivity index (χ4n) is 3.82. The van der Waals surface area contributed by atoms with Gasteiger partial charge in [0.2, 0.25) is 0 Å². The molecule has 160 valence electrons. The van der Waals surface area contributed by atoms with Gasteiger partial charge >= 0.3 is 5.69 Å². The number of aromatic nitrogens is 5. The van der Waals surface area contributed by atoms with Crippen molar-refractivity contribution in [2.24, 2.45) is 0 Å². The number of aromatic amines is 1. The minimum absolute atomic E-state index is 0.216. The monoisotopic (exact) mass is 420 g/mol. The van der Waals surface area contributed by atoms with Crippen molar-refractivity contribution >= 4 is 28.0 Å². The summed E-state index contributed by atoms with van der Waals surface area (Å²) < 4.78 is 3.49. The molecule has 4 rings (SSSR count). The number of hydrogen-bond donors (Lipinski definition) is 1. The fraction of sp³-hybridized carbons (Fsp3) is 0.318. The number of carbonyl (C=O) groups is 1. The quantitative estimate of drug-likeness (QED) is 0.514. The number of para-hydroxylation sites is 2. The number of hydrogen-bond acceptors (Lipinski definition) is 5. The fourth-order valence-corrected chi connectivity index (χ4v) is 3.82. The van der Waals surface area contributed by atoms with Crippen LogP contribution < -0.4 is 11.2 Å². The maximum Gasteiger partial charge on any atom is 0.329 e. The zero-order chi connectivity index (χ0) is 22.1. The first-order valence-corrected chi connectivity index (χ1v) is 10.3. The van der Waals surface area contributed by atoms with Crippen molar-refractivity contribution < 1.29 is 4.79 Å². The summed E-state index contributed by atoms with van der Waals surface area (Å²) in [4.78, 5) is 50.3. The molecule has 0 unspecified atom stereocenters. The first-order valence-electron chi connectivity index (χ1n) is 10.3. The summed E-state index contributed by atoms with van der Waals surface area (Å²) in [6.07, 6.45) is 2.12. The predicted octanol–water partition coefficient (Wildman–Crippen LogP) is 2.14. The van der Waals surface area contributed by atoms with Gasteiger partial charge in [0.25, 0.3) is 11.5 Å². The maximum absolute atomic E-state index is 13.1. The topological polar surface area (TPSA) is 106 Å². The molecule has 3 aromatic heterocycles. The van der Waals surface area contributed by atoms with Gasteiger partial charge in [0, 0.05) is 26.3 Å². The van der Waals surface area contributed by atoms with E-state index in [1.54, 1.807) is 11.9 Å². The van der Waals surface area contributed by atoms with Crippen molar-refractivity contribution in [1.29, 1.82) is 0 Å². The lowest BCUT2D eigenvalue weighted by molar-refractivity contribution is 0.0780. The van der Waals surface area contributed by atoms with Crippen molar-refractivity contribution in [1.82, 2.24) is 29.0 Å². The van der Waals surface area contributed by atoms with Crippen LogP contribution in [0.3, 0.4) is 0 Å². The van der Waals surface area contributed by atoms with Crippen LogP contribution in [0.4, 0.5) is 0 Å². The molecule has 0 saturated carbocycles. The number of rotatable bonds is 6. The van der Waals surface area contributed by atoms with E-state index in [-0.39, 0.29) is 22.5 Å². The highest BCUT2D eigenvalue weighted by Crippen LogP contribution is 2.18. The Bertz CT molecular complexity index is 1400. The number of carbonyl (C=O) groups excluding carboxylic acids is 1. The van der Waals surface area contributed by atoms with Crippen LogP contribution in [0, 0.1) is 0 Å². The normalized spacial score (nSPS) is 11.3. The Morgan fingerprint density at radius 1 is 1.16 bits per heavy atom. The van der Waals surface area contributed by atoms with Crippen LogP contribution >= 0.6 is 0 Å². The minimum atomic E-state index is -0.551. The summed E-state index contributed by atoms with van der Waals surface area (Å²) in [5.41, 5.74) is 1.41. The molecule has 31 heavy (non-hydrogen) atoms. The third-order valence-electron chi connectivity index (χ3n) is 5.30. The molecule has 0 saturated heterocycles. The van der Waals surface area contributed by atoms with Crippen LogP contribution in [0.15, 0.2) is 46.1 Å². The van der Waals surface area contributed by atoms with E-state index < -0.39 is 11.2 Å². The minimum Gasteiger partial charge on any atom is -0.334 e. The Kier molecular flexibility index (Phi) is 5.41.